The molecular formula is C14H4Cl5N3. The zero-order chi connectivity index (χ0) is 16.4. The van der Waals surface area contributed by atoms with E-state index in [1.54, 1.807) is 18.2 Å². The standard InChI is InChI=1S/C14H4Cl5N3/c15-8-2-1-3-9(16)13(8)22-14-11(18)7(5-21)6(4-20)10(17)12(14)19/h1-3,22H. The van der Waals surface area contributed by atoms with Crippen molar-refractivity contribution >= 4 is 69.4 Å². The van der Waals surface area contributed by atoms with Crippen LogP contribution in [-0.2, 0) is 0 Å². The molecule has 3 nitrogen and oxygen atoms in total. The van der Waals surface area contributed by atoms with Crippen LogP contribution in [-0.4, -0.2) is 0 Å². The molecule has 22 heavy (non-hydrogen) atoms. The zero-order valence-electron chi connectivity index (χ0n) is 10.5. The number of nitrogens with one attached hydrogen (secondary N) is 1. The molecule has 0 aliphatic heterocycles. The molecule has 0 saturated heterocycles. The van der Waals surface area contributed by atoms with E-state index in [4.69, 9.17) is 63.3 Å². The van der Waals surface area contributed by atoms with Gasteiger partial charge in [0.15, 0.2) is 0 Å². The van der Waals surface area contributed by atoms with Crippen LogP contribution in [0.25, 0.3) is 0 Å². The van der Waals surface area contributed by atoms with Crippen LogP contribution in [0.4, 0.5) is 11.4 Å². The van der Waals surface area contributed by atoms with Gasteiger partial charge in [-0.3, -0.25) is 0 Å². The van der Waals surface area contributed by atoms with Gasteiger partial charge in [0.2, 0.25) is 0 Å². The van der Waals surface area contributed by atoms with Crippen LogP contribution in [0, 0.1) is 22.7 Å². The third kappa shape index (κ3) is 2.92. The van der Waals surface area contributed by atoms with Crippen molar-refractivity contribution < 1.29 is 0 Å². The first-order valence-electron chi connectivity index (χ1n) is 5.64. The van der Waals surface area contributed by atoms with Gasteiger partial charge in [0, 0.05) is 0 Å². The second-order valence-electron chi connectivity index (χ2n) is 4.01. The molecule has 0 unspecified atom stereocenters. The summed E-state index contributed by atoms with van der Waals surface area (Å²) in [5.74, 6) is 0. The molecule has 0 amide bonds. The number of rotatable bonds is 2. The van der Waals surface area contributed by atoms with E-state index in [0.717, 1.165) is 0 Å². The van der Waals surface area contributed by atoms with E-state index in [9.17, 15) is 5.26 Å². The SMILES string of the molecule is N#Cc1c(Cl)c(Cl)c(Nc2c(Cl)cccc2Cl)c(Cl)c1C#N. The van der Waals surface area contributed by atoms with Crippen molar-refractivity contribution in [3.8, 4) is 12.1 Å². The topological polar surface area (TPSA) is 59.6 Å². The first-order valence-corrected chi connectivity index (χ1v) is 7.53. The lowest BCUT2D eigenvalue weighted by molar-refractivity contribution is 1.42. The Kier molecular flexibility index (Phi) is 5.29. The molecule has 110 valence electrons. The van der Waals surface area contributed by atoms with E-state index >= 15 is 0 Å². The molecule has 0 bridgehead atoms. The normalized spacial score (nSPS) is 9.95. The molecule has 0 spiro atoms. The van der Waals surface area contributed by atoms with Gasteiger partial charge in [-0.1, -0.05) is 64.1 Å². The van der Waals surface area contributed by atoms with Crippen LogP contribution in [0.15, 0.2) is 18.2 Å². The molecule has 1 N–H and O–H groups in total. The Morgan fingerprint density at radius 2 is 1.23 bits per heavy atom. The molecule has 0 aliphatic rings. The summed E-state index contributed by atoms with van der Waals surface area (Å²) in [7, 11) is 0. The van der Waals surface area contributed by atoms with Gasteiger partial charge in [0.1, 0.15) is 12.1 Å². The summed E-state index contributed by atoms with van der Waals surface area (Å²) in [4.78, 5) is 0. The van der Waals surface area contributed by atoms with Gasteiger partial charge < -0.3 is 5.32 Å². The molecule has 2 aromatic carbocycles. The van der Waals surface area contributed by atoms with Crippen LogP contribution >= 0.6 is 58.0 Å². The molecule has 0 saturated carbocycles. The van der Waals surface area contributed by atoms with Crippen molar-refractivity contribution in [2.24, 2.45) is 0 Å². The maximum Gasteiger partial charge on any atom is 0.102 e. The fourth-order valence-electron chi connectivity index (χ4n) is 1.72. The maximum absolute atomic E-state index is 9.18. The Morgan fingerprint density at radius 3 is 1.73 bits per heavy atom. The van der Waals surface area contributed by atoms with E-state index in [0.29, 0.717) is 15.7 Å². The van der Waals surface area contributed by atoms with Crippen molar-refractivity contribution in [1.82, 2.24) is 0 Å². The van der Waals surface area contributed by atoms with E-state index in [-0.39, 0.29) is 31.9 Å². The van der Waals surface area contributed by atoms with Gasteiger partial charge in [-0.05, 0) is 12.1 Å². The Labute approximate surface area is 151 Å². The number of nitriles is 2. The predicted octanol–water partition coefficient (Wildman–Crippen LogP) is 6.44. The minimum atomic E-state index is -0.0880. The van der Waals surface area contributed by atoms with Gasteiger partial charge in [-0.25, -0.2) is 0 Å². The lowest BCUT2D eigenvalue weighted by Gasteiger charge is -2.16. The highest BCUT2D eigenvalue weighted by atomic mass is 35.5. The lowest BCUT2D eigenvalue weighted by atomic mass is 10.1. The van der Waals surface area contributed by atoms with E-state index in [1.165, 1.54) is 0 Å². The predicted molar refractivity (Wildman–Crippen MR) is 90.6 cm³/mol. The van der Waals surface area contributed by atoms with Crippen LogP contribution in [0.1, 0.15) is 11.1 Å². The molecular weight excluding hydrogens is 387 g/mol. The highest BCUT2D eigenvalue weighted by Crippen LogP contribution is 2.44. The van der Waals surface area contributed by atoms with Crippen LogP contribution in [0.2, 0.25) is 25.1 Å². The maximum atomic E-state index is 9.18. The van der Waals surface area contributed by atoms with Crippen molar-refractivity contribution in [1.29, 1.82) is 10.5 Å². The number of benzene rings is 2. The largest absolute Gasteiger partial charge is 0.351 e. The third-order valence-corrected chi connectivity index (χ3v) is 4.62. The van der Waals surface area contributed by atoms with Gasteiger partial charge in [0.05, 0.1) is 47.6 Å². The van der Waals surface area contributed by atoms with Gasteiger partial charge in [-0.15, -0.1) is 0 Å². The first kappa shape index (κ1) is 17.0. The average Bonchev–Trinajstić information content (AvgIpc) is 2.49. The number of hydrogen-bond donors (Lipinski definition) is 1. The molecule has 0 aromatic heterocycles. The minimum Gasteiger partial charge on any atom is -0.351 e. The molecule has 0 radical (unpaired) electrons. The fraction of sp³-hybridized carbons (Fsp3) is 0. The number of nitrogens with zero attached hydrogens (tertiary/aromatic N) is 2. The van der Waals surface area contributed by atoms with Crippen LogP contribution < -0.4 is 5.32 Å². The molecule has 2 aromatic rings. The van der Waals surface area contributed by atoms with Crippen molar-refractivity contribution in [2.75, 3.05) is 5.32 Å². The Balaban J connectivity index is 2.71. The monoisotopic (exact) mass is 389 g/mol. The molecule has 0 fully saturated rings. The lowest BCUT2D eigenvalue weighted by Crippen LogP contribution is -1.99. The third-order valence-electron chi connectivity index (χ3n) is 2.76. The summed E-state index contributed by atoms with van der Waals surface area (Å²) in [6, 6.07) is 8.55. The summed E-state index contributed by atoms with van der Waals surface area (Å²) in [6.07, 6.45) is 0. The average molecular weight is 391 g/mol. The van der Waals surface area contributed by atoms with Gasteiger partial charge in [-0.2, -0.15) is 10.5 Å². The first-order chi connectivity index (χ1) is 10.4. The highest BCUT2D eigenvalue weighted by Gasteiger charge is 2.22. The van der Waals surface area contributed by atoms with Crippen LogP contribution in [0.3, 0.4) is 0 Å². The van der Waals surface area contributed by atoms with Crippen LogP contribution in [0.5, 0.6) is 0 Å². The molecule has 8 heteroatoms. The fourth-order valence-corrected chi connectivity index (χ4v) is 3.01. The Bertz CT molecular complexity index is 829. The smallest absolute Gasteiger partial charge is 0.102 e. The number of anilines is 2. The van der Waals surface area contributed by atoms with Crippen molar-refractivity contribution in [2.45, 2.75) is 0 Å². The van der Waals surface area contributed by atoms with E-state index in [2.05, 4.69) is 5.32 Å². The molecule has 2 rings (SSSR count). The minimum absolute atomic E-state index is 0.00166. The molecule has 0 atom stereocenters. The van der Waals surface area contributed by atoms with E-state index < -0.39 is 0 Å². The molecule has 0 aliphatic carbocycles. The summed E-state index contributed by atoms with van der Waals surface area (Å²) in [5.41, 5.74) is 0.345. The zero-order valence-corrected chi connectivity index (χ0v) is 14.3. The summed E-state index contributed by atoms with van der Waals surface area (Å²) in [5, 5.41) is 21.7. The summed E-state index contributed by atoms with van der Waals surface area (Å²) >= 11 is 30.5. The van der Waals surface area contributed by atoms with E-state index in [1.807, 2.05) is 12.1 Å². The van der Waals surface area contributed by atoms with Gasteiger partial charge in [0.25, 0.3) is 0 Å². The second kappa shape index (κ2) is 6.84. The van der Waals surface area contributed by atoms with Gasteiger partial charge >= 0.3 is 0 Å². The second-order valence-corrected chi connectivity index (χ2v) is 5.96. The summed E-state index contributed by atoms with van der Waals surface area (Å²) in [6.45, 7) is 0. The highest BCUT2D eigenvalue weighted by molar-refractivity contribution is 6.48. The Morgan fingerprint density at radius 1 is 0.727 bits per heavy atom. The quantitative estimate of drug-likeness (QED) is 0.599. The number of halogens is 5. The van der Waals surface area contributed by atoms with Crippen molar-refractivity contribution in [3.63, 3.8) is 0 Å². The van der Waals surface area contributed by atoms with Crippen molar-refractivity contribution in [3.05, 3.63) is 54.4 Å². The molecule has 0 heterocycles. The number of para-hydroxylation sites is 1. The summed E-state index contributed by atoms with van der Waals surface area (Å²) < 4.78 is 0. The number of hydrogen-bond acceptors (Lipinski definition) is 3. The Hall–Kier alpha value is -1.33.